The van der Waals surface area contributed by atoms with E-state index in [9.17, 15) is 14.4 Å². The van der Waals surface area contributed by atoms with Crippen LogP contribution in [0.5, 0.6) is 0 Å². The Labute approximate surface area is 181 Å². The third-order valence-electron chi connectivity index (χ3n) is 5.45. The lowest BCUT2D eigenvalue weighted by Gasteiger charge is -2.16. The zero-order chi connectivity index (χ0) is 20.8. The second-order valence-electron chi connectivity index (χ2n) is 7.43. The van der Waals surface area contributed by atoms with E-state index in [1.807, 2.05) is 24.3 Å². The molecule has 0 N–H and O–H groups in total. The van der Waals surface area contributed by atoms with Crippen molar-refractivity contribution in [1.82, 2.24) is 14.8 Å². The second-order valence-corrected chi connectivity index (χ2v) is 9.57. The van der Waals surface area contributed by atoms with Gasteiger partial charge in [0.1, 0.15) is 12.0 Å². The van der Waals surface area contributed by atoms with Crippen LogP contribution in [0.2, 0.25) is 0 Å². The zero-order valence-corrected chi connectivity index (χ0v) is 17.7. The van der Waals surface area contributed by atoms with Crippen LogP contribution >= 0.6 is 23.1 Å². The number of amides is 1. The van der Waals surface area contributed by atoms with Crippen molar-refractivity contribution in [2.75, 3.05) is 6.54 Å². The molecule has 2 aliphatic heterocycles. The lowest BCUT2D eigenvalue weighted by Crippen LogP contribution is -2.30. The third-order valence-corrected chi connectivity index (χ3v) is 7.56. The van der Waals surface area contributed by atoms with Gasteiger partial charge in [0.25, 0.3) is 5.91 Å². The maximum absolute atomic E-state index is 13.2. The molecular formula is C22H17FN4OS2. The van der Waals surface area contributed by atoms with Crippen LogP contribution in [0.4, 0.5) is 4.39 Å². The molecule has 8 heteroatoms. The smallest absolute Gasteiger partial charge is 0.284 e. The van der Waals surface area contributed by atoms with Gasteiger partial charge in [0, 0.05) is 28.1 Å². The summed E-state index contributed by atoms with van der Waals surface area (Å²) in [5.74, 6) is -0.0926. The van der Waals surface area contributed by atoms with Crippen molar-refractivity contribution in [3.8, 4) is 16.6 Å². The van der Waals surface area contributed by atoms with Crippen LogP contribution in [0.1, 0.15) is 16.7 Å². The fraction of sp³-hybridized carbons (Fsp3) is 0.227. The van der Waals surface area contributed by atoms with Crippen molar-refractivity contribution < 1.29 is 9.18 Å². The van der Waals surface area contributed by atoms with E-state index in [0.717, 1.165) is 20.2 Å². The lowest BCUT2D eigenvalue weighted by atomic mass is 10.1. The van der Waals surface area contributed by atoms with Gasteiger partial charge in [0.15, 0.2) is 11.2 Å². The van der Waals surface area contributed by atoms with Crippen LogP contribution in [0.3, 0.4) is 0 Å². The van der Waals surface area contributed by atoms with Gasteiger partial charge in [0.2, 0.25) is 0 Å². The van der Waals surface area contributed by atoms with Crippen molar-refractivity contribution >= 4 is 29.0 Å². The first kappa shape index (κ1) is 19.1. The minimum Gasteiger partial charge on any atom is -0.306 e. The molecule has 3 atom stereocenters. The molecule has 2 unspecified atom stereocenters. The number of hydrogen-bond acceptors (Lipinski definition) is 6. The Kier molecular flexibility index (Phi) is 4.72. The molecule has 3 heterocycles. The van der Waals surface area contributed by atoms with Gasteiger partial charge in [-0.1, -0.05) is 36.9 Å². The average Bonchev–Trinajstić information content (AvgIpc) is 3.13. The number of thiazole rings is 1. The monoisotopic (exact) mass is 436 g/mol. The largest absolute Gasteiger partial charge is 0.306 e. The SMILES string of the molecule is CC1CN(C#N)C2[C@@H]1N2C(=O)c1ncc(-c2ccccc2Sc2ccc(F)cc2)s1. The molecule has 2 saturated heterocycles. The van der Waals surface area contributed by atoms with Gasteiger partial charge in [0.05, 0.1) is 10.9 Å². The van der Waals surface area contributed by atoms with Gasteiger partial charge < -0.3 is 4.90 Å². The van der Waals surface area contributed by atoms with Gasteiger partial charge in [-0.05, 0) is 36.2 Å². The summed E-state index contributed by atoms with van der Waals surface area (Å²) in [7, 11) is 0. The van der Waals surface area contributed by atoms with Crippen LogP contribution in [-0.4, -0.2) is 39.4 Å². The molecule has 0 radical (unpaired) electrons. The highest BCUT2D eigenvalue weighted by atomic mass is 32.2. The standard InChI is InChI=1S/C22H17FN4OS2/c1-13-11-26(12-24)21-19(13)27(21)22(28)20-25-10-18(30-20)16-4-2-3-5-17(16)29-15-8-6-14(23)7-9-15/h2-10,13,19,21H,11H2,1H3/t13?,19-,21?,27?/m1/s1. The summed E-state index contributed by atoms with van der Waals surface area (Å²) in [6.07, 6.45) is 3.79. The summed E-state index contributed by atoms with van der Waals surface area (Å²) in [5, 5.41) is 9.71. The van der Waals surface area contributed by atoms with Crippen molar-refractivity contribution in [3.63, 3.8) is 0 Å². The van der Waals surface area contributed by atoms with Crippen molar-refractivity contribution in [1.29, 1.82) is 5.26 Å². The minimum absolute atomic E-state index is 0.103. The quantitative estimate of drug-likeness (QED) is 0.439. The lowest BCUT2D eigenvalue weighted by molar-refractivity contribution is 0.0816. The maximum atomic E-state index is 13.2. The molecular weight excluding hydrogens is 419 g/mol. The van der Waals surface area contributed by atoms with Crippen LogP contribution < -0.4 is 0 Å². The van der Waals surface area contributed by atoms with Crippen molar-refractivity contribution in [3.05, 3.63) is 65.6 Å². The van der Waals surface area contributed by atoms with Gasteiger partial charge in [-0.2, -0.15) is 5.26 Å². The van der Waals surface area contributed by atoms with Crippen molar-refractivity contribution in [2.24, 2.45) is 5.92 Å². The number of carbonyl (C=O) groups is 1. The zero-order valence-electron chi connectivity index (χ0n) is 16.0. The Morgan fingerprint density at radius 1 is 1.27 bits per heavy atom. The first-order valence-corrected chi connectivity index (χ1v) is 11.2. The van der Waals surface area contributed by atoms with E-state index in [2.05, 4.69) is 18.1 Å². The predicted molar refractivity (Wildman–Crippen MR) is 113 cm³/mol. The summed E-state index contributed by atoms with van der Waals surface area (Å²) < 4.78 is 13.2. The van der Waals surface area contributed by atoms with E-state index in [1.165, 1.54) is 23.5 Å². The number of hydrogen-bond donors (Lipinski definition) is 0. The first-order chi connectivity index (χ1) is 14.6. The molecule has 2 aromatic carbocycles. The molecule has 0 aliphatic carbocycles. The highest BCUT2D eigenvalue weighted by Gasteiger charge is 2.62. The number of nitrogens with zero attached hydrogens (tertiary/aromatic N) is 4. The number of nitriles is 1. The van der Waals surface area contributed by atoms with Gasteiger partial charge in [-0.25, -0.2) is 9.37 Å². The van der Waals surface area contributed by atoms with Crippen LogP contribution in [0, 0.1) is 23.2 Å². The van der Waals surface area contributed by atoms with Crippen LogP contribution in [0.25, 0.3) is 10.4 Å². The van der Waals surface area contributed by atoms with Crippen LogP contribution in [-0.2, 0) is 0 Å². The summed E-state index contributed by atoms with van der Waals surface area (Å²) in [6.45, 7) is 2.77. The minimum atomic E-state index is -0.262. The molecule has 2 fully saturated rings. The molecule has 1 amide bonds. The second kappa shape index (κ2) is 7.42. The fourth-order valence-electron chi connectivity index (χ4n) is 4.02. The Morgan fingerprint density at radius 3 is 2.80 bits per heavy atom. The Hall–Kier alpha value is -2.89. The molecule has 0 saturated carbocycles. The highest BCUT2D eigenvalue weighted by molar-refractivity contribution is 7.99. The molecule has 5 nitrogen and oxygen atoms in total. The number of rotatable bonds is 4. The van der Waals surface area contributed by atoms with E-state index < -0.39 is 0 Å². The number of fused-ring (bicyclic) bond motifs is 1. The van der Waals surface area contributed by atoms with Crippen LogP contribution in [0.15, 0.2) is 64.5 Å². The summed E-state index contributed by atoms with van der Waals surface area (Å²) in [4.78, 5) is 23.7. The number of halogens is 1. The summed E-state index contributed by atoms with van der Waals surface area (Å²) >= 11 is 2.91. The normalized spacial score (nSPS) is 22.0. The summed E-state index contributed by atoms with van der Waals surface area (Å²) in [6, 6.07) is 14.4. The Balaban J connectivity index is 1.38. The van der Waals surface area contributed by atoms with E-state index in [4.69, 9.17) is 0 Å². The molecule has 0 bridgehead atoms. The molecule has 150 valence electrons. The molecule has 3 aromatic rings. The Morgan fingerprint density at radius 2 is 2.03 bits per heavy atom. The van der Waals surface area contributed by atoms with E-state index >= 15 is 0 Å². The fourth-order valence-corrected chi connectivity index (χ4v) is 5.94. The van der Waals surface area contributed by atoms with E-state index in [-0.39, 0.29) is 29.8 Å². The topological polar surface area (TPSA) is 60.0 Å². The molecule has 0 spiro atoms. The number of likely N-dealkylation sites (tertiary alicyclic amines) is 1. The first-order valence-electron chi connectivity index (χ1n) is 9.54. The van der Waals surface area contributed by atoms with Gasteiger partial charge in [-0.15, -0.1) is 11.3 Å². The molecule has 2 aliphatic rings. The number of benzene rings is 2. The Bertz CT molecular complexity index is 1160. The predicted octanol–water partition coefficient (Wildman–Crippen LogP) is 4.68. The van der Waals surface area contributed by atoms with Crippen molar-refractivity contribution in [2.45, 2.75) is 28.9 Å². The maximum Gasteiger partial charge on any atom is 0.284 e. The van der Waals surface area contributed by atoms with Gasteiger partial charge in [-0.3, -0.25) is 9.69 Å². The van der Waals surface area contributed by atoms with E-state index in [0.29, 0.717) is 11.6 Å². The molecule has 30 heavy (non-hydrogen) atoms. The molecule has 1 aromatic heterocycles. The highest BCUT2D eigenvalue weighted by Crippen LogP contribution is 2.45. The molecule has 5 rings (SSSR count). The van der Waals surface area contributed by atoms with Gasteiger partial charge >= 0.3 is 0 Å². The average molecular weight is 437 g/mol. The summed E-state index contributed by atoms with van der Waals surface area (Å²) in [5.41, 5.74) is 0.987. The number of carbonyl (C=O) groups excluding carboxylic acids is 1. The third kappa shape index (κ3) is 3.24. The number of aromatic nitrogens is 1. The van der Waals surface area contributed by atoms with E-state index in [1.54, 1.807) is 39.9 Å².